The number of aromatic nitrogens is 1. The van der Waals surface area contributed by atoms with Crippen LogP contribution >= 0.6 is 0 Å². The Labute approximate surface area is 129 Å². The highest BCUT2D eigenvalue weighted by atomic mass is 16.4. The average Bonchev–Trinajstić information content (AvgIpc) is 2.90. The molecular formula is C18H18N2O2. The molecule has 1 aromatic heterocycles. The fourth-order valence-corrected chi connectivity index (χ4v) is 2.65. The smallest absolute Gasteiger partial charge is 0.102 e. The zero-order valence-electron chi connectivity index (χ0n) is 12.6. The first-order valence-corrected chi connectivity index (χ1v) is 7.25. The summed E-state index contributed by atoms with van der Waals surface area (Å²) in [4.78, 5) is 15.1. The predicted octanol–water partition coefficient (Wildman–Crippen LogP) is 0.843. The van der Waals surface area contributed by atoms with Gasteiger partial charge in [-0.25, -0.2) is 0 Å². The first-order chi connectivity index (χ1) is 10.5. The summed E-state index contributed by atoms with van der Waals surface area (Å²) in [6.45, 7) is 0.992. The lowest BCUT2D eigenvalue weighted by Crippen LogP contribution is -3.04. The molecule has 0 aliphatic rings. The molecular weight excluding hydrogens is 276 g/mol. The molecule has 2 N–H and O–H groups in total. The van der Waals surface area contributed by atoms with E-state index < -0.39 is 5.97 Å². The molecule has 0 radical (unpaired) electrons. The second-order valence-corrected chi connectivity index (χ2v) is 5.85. The molecule has 0 spiro atoms. The van der Waals surface area contributed by atoms with Crippen LogP contribution in [0.1, 0.15) is 16.1 Å². The maximum atomic E-state index is 10.9. The van der Waals surface area contributed by atoms with Crippen LogP contribution in [0.3, 0.4) is 0 Å². The van der Waals surface area contributed by atoms with Crippen LogP contribution in [0.4, 0.5) is 0 Å². The van der Waals surface area contributed by atoms with Crippen molar-refractivity contribution in [3.63, 3.8) is 0 Å². The van der Waals surface area contributed by atoms with E-state index in [2.05, 4.69) is 43.3 Å². The Bertz CT molecular complexity index is 817. The molecule has 2 aromatic carbocycles. The average molecular weight is 294 g/mol. The van der Waals surface area contributed by atoms with Crippen molar-refractivity contribution >= 4 is 16.9 Å². The summed E-state index contributed by atoms with van der Waals surface area (Å²) < 4.78 is 0. The molecule has 3 aromatic rings. The molecule has 0 saturated carbocycles. The van der Waals surface area contributed by atoms with E-state index in [1.165, 1.54) is 10.5 Å². The van der Waals surface area contributed by atoms with Gasteiger partial charge in [-0.3, -0.25) is 0 Å². The molecule has 112 valence electrons. The Morgan fingerprint density at radius 3 is 2.36 bits per heavy atom. The monoisotopic (exact) mass is 294 g/mol. The number of aromatic carboxylic acids is 1. The normalized spacial score (nSPS) is 11.2. The second kappa shape index (κ2) is 5.66. The van der Waals surface area contributed by atoms with Crippen LogP contribution in [0.25, 0.3) is 22.0 Å². The van der Waals surface area contributed by atoms with Gasteiger partial charge in [0.25, 0.3) is 0 Å². The van der Waals surface area contributed by atoms with Gasteiger partial charge in [-0.2, -0.15) is 0 Å². The number of fused-ring (bicyclic) bond motifs is 1. The van der Waals surface area contributed by atoms with E-state index in [0.717, 1.165) is 28.6 Å². The van der Waals surface area contributed by atoms with E-state index in [4.69, 9.17) is 0 Å². The Morgan fingerprint density at radius 2 is 1.73 bits per heavy atom. The van der Waals surface area contributed by atoms with Gasteiger partial charge in [0.05, 0.1) is 25.8 Å². The summed E-state index contributed by atoms with van der Waals surface area (Å²) in [5.41, 5.74) is 4.40. The Hall–Kier alpha value is -2.59. The topological polar surface area (TPSA) is 60.4 Å². The van der Waals surface area contributed by atoms with Gasteiger partial charge in [0.15, 0.2) is 0 Å². The molecule has 0 unspecified atom stereocenters. The molecule has 22 heavy (non-hydrogen) atoms. The maximum absolute atomic E-state index is 10.9. The second-order valence-electron chi connectivity index (χ2n) is 5.85. The Kier molecular flexibility index (Phi) is 3.69. The van der Waals surface area contributed by atoms with Crippen molar-refractivity contribution in [3.05, 3.63) is 59.8 Å². The van der Waals surface area contributed by atoms with Crippen molar-refractivity contribution in [1.29, 1.82) is 0 Å². The number of carboxylic acids is 1. The van der Waals surface area contributed by atoms with Crippen LogP contribution in [0.5, 0.6) is 0 Å². The molecule has 1 heterocycles. The number of carbonyl (C=O) groups is 1. The van der Waals surface area contributed by atoms with Gasteiger partial charge in [0, 0.05) is 16.5 Å². The number of rotatable bonds is 4. The largest absolute Gasteiger partial charge is 0.543 e. The number of benzene rings is 2. The van der Waals surface area contributed by atoms with E-state index in [1.807, 2.05) is 18.2 Å². The highest BCUT2D eigenvalue weighted by Crippen LogP contribution is 2.25. The molecule has 3 rings (SSSR count). The summed E-state index contributed by atoms with van der Waals surface area (Å²) in [6, 6.07) is 16.0. The van der Waals surface area contributed by atoms with Gasteiger partial charge in [-0.05, 0) is 29.3 Å². The molecule has 0 aliphatic heterocycles. The molecule has 0 saturated heterocycles. The third-order valence-electron chi connectivity index (χ3n) is 3.69. The molecule has 0 bridgehead atoms. The maximum Gasteiger partial charge on any atom is 0.102 e. The lowest BCUT2D eigenvalue weighted by atomic mass is 10.0. The van der Waals surface area contributed by atoms with Crippen molar-refractivity contribution in [1.82, 2.24) is 4.98 Å². The van der Waals surface area contributed by atoms with Gasteiger partial charge in [0.2, 0.25) is 0 Å². The third-order valence-corrected chi connectivity index (χ3v) is 3.69. The van der Waals surface area contributed by atoms with Crippen LogP contribution in [0.2, 0.25) is 0 Å². The van der Waals surface area contributed by atoms with E-state index in [9.17, 15) is 9.90 Å². The SMILES string of the molecule is C[NH+](C)Cc1ccc(-c2ccc3[nH]c(C(=O)[O-])cc3c2)cc1. The van der Waals surface area contributed by atoms with Crippen LogP contribution < -0.4 is 10.0 Å². The molecule has 0 fully saturated rings. The number of carboxylic acid groups (broad SMARTS) is 1. The third kappa shape index (κ3) is 2.87. The van der Waals surface area contributed by atoms with Crippen molar-refractivity contribution in [2.45, 2.75) is 6.54 Å². The number of carbonyl (C=O) groups excluding carboxylic acids is 1. The molecule has 4 nitrogen and oxygen atoms in total. The molecule has 4 heteroatoms. The summed E-state index contributed by atoms with van der Waals surface area (Å²) in [7, 11) is 4.26. The number of aromatic amines is 1. The van der Waals surface area contributed by atoms with E-state index >= 15 is 0 Å². The molecule has 0 atom stereocenters. The predicted molar refractivity (Wildman–Crippen MR) is 84.6 cm³/mol. The first kappa shape index (κ1) is 14.4. The zero-order chi connectivity index (χ0) is 15.7. The fraction of sp³-hybridized carbons (Fsp3) is 0.167. The van der Waals surface area contributed by atoms with Crippen molar-refractivity contribution in [3.8, 4) is 11.1 Å². The quantitative estimate of drug-likeness (QED) is 0.749. The lowest BCUT2D eigenvalue weighted by Gasteiger charge is -2.08. The number of quaternary nitrogens is 1. The first-order valence-electron chi connectivity index (χ1n) is 7.25. The number of nitrogens with one attached hydrogen (secondary N) is 2. The number of hydrogen-bond donors (Lipinski definition) is 2. The number of H-pyrrole nitrogens is 1. The summed E-state index contributed by atoms with van der Waals surface area (Å²) in [6.07, 6.45) is 0. The van der Waals surface area contributed by atoms with Crippen LogP contribution in [-0.4, -0.2) is 25.0 Å². The van der Waals surface area contributed by atoms with Crippen molar-refractivity contribution < 1.29 is 14.8 Å². The Balaban J connectivity index is 1.94. The highest BCUT2D eigenvalue weighted by Gasteiger charge is 2.05. The minimum Gasteiger partial charge on any atom is -0.543 e. The highest BCUT2D eigenvalue weighted by molar-refractivity contribution is 5.94. The Morgan fingerprint density at radius 1 is 1.05 bits per heavy atom. The lowest BCUT2D eigenvalue weighted by molar-refractivity contribution is -0.872. The van der Waals surface area contributed by atoms with Gasteiger partial charge in [0.1, 0.15) is 6.54 Å². The summed E-state index contributed by atoms with van der Waals surface area (Å²) in [5.74, 6) is -1.19. The van der Waals surface area contributed by atoms with Crippen molar-refractivity contribution in [2.24, 2.45) is 0 Å². The van der Waals surface area contributed by atoms with Gasteiger partial charge >= 0.3 is 0 Å². The van der Waals surface area contributed by atoms with Gasteiger partial charge < -0.3 is 19.8 Å². The van der Waals surface area contributed by atoms with E-state index in [1.54, 1.807) is 6.07 Å². The van der Waals surface area contributed by atoms with Crippen LogP contribution in [0.15, 0.2) is 48.5 Å². The zero-order valence-corrected chi connectivity index (χ0v) is 12.6. The van der Waals surface area contributed by atoms with Crippen molar-refractivity contribution in [2.75, 3.05) is 14.1 Å². The van der Waals surface area contributed by atoms with Crippen LogP contribution in [-0.2, 0) is 6.54 Å². The minimum atomic E-state index is -1.19. The van der Waals surface area contributed by atoms with Crippen LogP contribution in [0, 0.1) is 0 Å². The van der Waals surface area contributed by atoms with E-state index in [0.29, 0.717) is 0 Å². The van der Waals surface area contributed by atoms with E-state index in [-0.39, 0.29) is 5.69 Å². The fourth-order valence-electron chi connectivity index (χ4n) is 2.65. The number of hydrogen-bond acceptors (Lipinski definition) is 2. The van der Waals surface area contributed by atoms with Gasteiger partial charge in [-0.1, -0.05) is 30.3 Å². The standard InChI is InChI=1S/C18H18N2O2/c1-20(2)11-12-3-5-13(6-4-12)14-7-8-16-15(9-14)10-17(19-16)18(21)22/h3-10,19H,11H2,1-2H3,(H,21,22). The minimum absolute atomic E-state index is 0.108. The molecule has 0 aliphatic carbocycles. The molecule has 0 amide bonds. The van der Waals surface area contributed by atoms with Gasteiger partial charge in [-0.15, -0.1) is 0 Å². The summed E-state index contributed by atoms with van der Waals surface area (Å²) >= 11 is 0. The summed E-state index contributed by atoms with van der Waals surface area (Å²) in [5, 5.41) is 11.8.